The molecule has 1 aliphatic rings. The lowest BCUT2D eigenvalue weighted by Crippen LogP contribution is -2.41. The van der Waals surface area contributed by atoms with E-state index >= 15 is 0 Å². The Hall–Kier alpha value is -1.95. The van der Waals surface area contributed by atoms with Crippen LogP contribution in [0.25, 0.3) is 0 Å². The molecule has 0 unspecified atom stereocenters. The SMILES string of the molecule is CCNC(=NCc1ccnn1C)NCC1(Sc2ccccc2)CC1. The molecule has 24 heavy (non-hydrogen) atoms. The Labute approximate surface area is 147 Å². The fourth-order valence-electron chi connectivity index (χ4n) is 2.50. The molecule has 2 aromatic rings. The summed E-state index contributed by atoms with van der Waals surface area (Å²) >= 11 is 1.98. The molecular weight excluding hydrogens is 318 g/mol. The van der Waals surface area contributed by atoms with Crippen LogP contribution in [0.15, 0.2) is 52.5 Å². The Morgan fingerprint density at radius 1 is 1.25 bits per heavy atom. The maximum absolute atomic E-state index is 4.68. The monoisotopic (exact) mass is 343 g/mol. The molecule has 1 aliphatic carbocycles. The van der Waals surface area contributed by atoms with Gasteiger partial charge in [-0.05, 0) is 38.0 Å². The minimum atomic E-state index is 0.310. The Balaban J connectivity index is 1.57. The first-order valence-electron chi connectivity index (χ1n) is 8.44. The third kappa shape index (κ3) is 4.54. The van der Waals surface area contributed by atoms with Crippen molar-refractivity contribution in [1.82, 2.24) is 20.4 Å². The Morgan fingerprint density at radius 3 is 2.67 bits per heavy atom. The van der Waals surface area contributed by atoms with Gasteiger partial charge in [-0.3, -0.25) is 4.68 Å². The molecule has 0 saturated heterocycles. The van der Waals surface area contributed by atoms with Gasteiger partial charge in [-0.15, -0.1) is 11.8 Å². The molecular formula is C18H25N5S. The van der Waals surface area contributed by atoms with Gasteiger partial charge in [-0.1, -0.05) is 18.2 Å². The third-order valence-corrected chi connectivity index (χ3v) is 5.62. The van der Waals surface area contributed by atoms with E-state index < -0.39 is 0 Å². The topological polar surface area (TPSA) is 54.2 Å². The average molecular weight is 344 g/mol. The summed E-state index contributed by atoms with van der Waals surface area (Å²) in [7, 11) is 1.95. The molecule has 0 atom stereocenters. The van der Waals surface area contributed by atoms with E-state index in [1.165, 1.54) is 17.7 Å². The summed E-state index contributed by atoms with van der Waals surface area (Å²) in [6.07, 6.45) is 4.31. The van der Waals surface area contributed by atoms with Crippen molar-refractivity contribution in [3.05, 3.63) is 48.3 Å². The molecule has 0 amide bonds. The Morgan fingerprint density at radius 2 is 2.04 bits per heavy atom. The lowest BCUT2D eigenvalue weighted by Gasteiger charge is -2.18. The summed E-state index contributed by atoms with van der Waals surface area (Å²) in [6, 6.07) is 12.6. The summed E-state index contributed by atoms with van der Waals surface area (Å²) in [5.74, 6) is 0.874. The molecule has 128 valence electrons. The third-order valence-electron chi connectivity index (χ3n) is 4.13. The zero-order chi connectivity index (χ0) is 16.8. The zero-order valence-electron chi connectivity index (χ0n) is 14.3. The van der Waals surface area contributed by atoms with Gasteiger partial charge in [-0.2, -0.15) is 5.10 Å². The lowest BCUT2D eigenvalue weighted by atomic mass is 10.4. The number of thioether (sulfide) groups is 1. The van der Waals surface area contributed by atoms with Gasteiger partial charge >= 0.3 is 0 Å². The summed E-state index contributed by atoms with van der Waals surface area (Å²) in [4.78, 5) is 6.02. The van der Waals surface area contributed by atoms with Gasteiger partial charge < -0.3 is 10.6 Å². The predicted octanol–water partition coefficient (Wildman–Crippen LogP) is 2.80. The number of hydrogen-bond acceptors (Lipinski definition) is 3. The predicted molar refractivity (Wildman–Crippen MR) is 100 cm³/mol. The largest absolute Gasteiger partial charge is 0.357 e. The molecule has 1 heterocycles. The van der Waals surface area contributed by atoms with Crippen LogP contribution in [0, 0.1) is 0 Å². The first kappa shape index (κ1) is 16.9. The van der Waals surface area contributed by atoms with Crippen molar-refractivity contribution < 1.29 is 0 Å². The molecule has 1 saturated carbocycles. The molecule has 0 aliphatic heterocycles. The summed E-state index contributed by atoms with van der Waals surface area (Å²) < 4.78 is 2.17. The first-order chi connectivity index (χ1) is 11.7. The lowest BCUT2D eigenvalue weighted by molar-refractivity contribution is 0.705. The fraction of sp³-hybridized carbons (Fsp3) is 0.444. The zero-order valence-corrected chi connectivity index (χ0v) is 15.1. The van der Waals surface area contributed by atoms with E-state index in [9.17, 15) is 0 Å². The van der Waals surface area contributed by atoms with E-state index in [1.807, 2.05) is 29.6 Å². The van der Waals surface area contributed by atoms with E-state index in [1.54, 1.807) is 6.20 Å². The standard InChI is InChI=1S/C18H25N5S/c1-3-19-17(20-13-15-9-12-22-23(15)2)21-14-18(10-11-18)24-16-7-5-4-6-8-16/h4-9,12H,3,10-11,13-14H2,1-2H3,(H2,19,20,21). The van der Waals surface area contributed by atoms with Crippen LogP contribution in [0.5, 0.6) is 0 Å². The molecule has 2 N–H and O–H groups in total. The average Bonchev–Trinajstić information content (AvgIpc) is 3.23. The Bertz CT molecular complexity index is 676. The van der Waals surface area contributed by atoms with Crippen molar-refractivity contribution in [3.63, 3.8) is 0 Å². The maximum Gasteiger partial charge on any atom is 0.191 e. The van der Waals surface area contributed by atoms with Crippen molar-refractivity contribution in [2.45, 2.75) is 36.0 Å². The van der Waals surface area contributed by atoms with Crippen molar-refractivity contribution >= 4 is 17.7 Å². The van der Waals surface area contributed by atoms with E-state index in [0.29, 0.717) is 11.3 Å². The number of benzene rings is 1. The van der Waals surface area contributed by atoms with E-state index in [-0.39, 0.29) is 0 Å². The number of aliphatic imine (C=N–C) groups is 1. The summed E-state index contributed by atoms with van der Waals surface area (Å²) in [5.41, 5.74) is 1.10. The smallest absolute Gasteiger partial charge is 0.191 e. The van der Waals surface area contributed by atoms with Gasteiger partial charge in [0.25, 0.3) is 0 Å². The highest BCUT2D eigenvalue weighted by Crippen LogP contribution is 2.51. The minimum absolute atomic E-state index is 0.310. The normalized spacial score (nSPS) is 16.0. The fourth-order valence-corrected chi connectivity index (χ4v) is 3.74. The maximum atomic E-state index is 4.68. The number of hydrogen-bond donors (Lipinski definition) is 2. The second-order valence-corrected chi connectivity index (χ2v) is 7.63. The van der Waals surface area contributed by atoms with Crippen LogP contribution in [0.4, 0.5) is 0 Å². The highest BCUT2D eigenvalue weighted by Gasteiger charge is 2.43. The second kappa shape index (κ2) is 7.75. The van der Waals surface area contributed by atoms with Crippen molar-refractivity contribution in [2.75, 3.05) is 13.1 Å². The summed E-state index contributed by atoms with van der Waals surface area (Å²) in [6.45, 7) is 4.51. The van der Waals surface area contributed by atoms with Crippen LogP contribution in [-0.4, -0.2) is 33.6 Å². The van der Waals surface area contributed by atoms with Crippen LogP contribution < -0.4 is 10.6 Å². The van der Waals surface area contributed by atoms with Gasteiger partial charge in [0, 0.05) is 36.0 Å². The van der Waals surface area contributed by atoms with Crippen molar-refractivity contribution in [2.24, 2.45) is 12.0 Å². The van der Waals surface area contributed by atoms with Crippen LogP contribution in [0.3, 0.4) is 0 Å². The second-order valence-electron chi connectivity index (χ2n) is 6.09. The number of aryl methyl sites for hydroxylation is 1. The van der Waals surface area contributed by atoms with E-state index in [0.717, 1.165) is 24.7 Å². The van der Waals surface area contributed by atoms with Crippen molar-refractivity contribution in [1.29, 1.82) is 0 Å². The molecule has 6 heteroatoms. The molecule has 1 aromatic heterocycles. The number of nitrogens with zero attached hydrogens (tertiary/aromatic N) is 3. The molecule has 3 rings (SSSR count). The van der Waals surface area contributed by atoms with Crippen LogP contribution in [-0.2, 0) is 13.6 Å². The number of guanidine groups is 1. The molecule has 1 fully saturated rings. The molecule has 0 spiro atoms. The van der Waals surface area contributed by atoms with Crippen LogP contribution >= 0.6 is 11.8 Å². The van der Waals surface area contributed by atoms with Gasteiger partial charge in [0.15, 0.2) is 5.96 Å². The highest BCUT2D eigenvalue weighted by atomic mass is 32.2. The number of nitrogens with one attached hydrogen (secondary N) is 2. The Kier molecular flexibility index (Phi) is 5.45. The van der Waals surface area contributed by atoms with E-state index in [4.69, 9.17) is 0 Å². The first-order valence-corrected chi connectivity index (χ1v) is 9.25. The molecule has 0 radical (unpaired) electrons. The van der Waals surface area contributed by atoms with Crippen LogP contribution in [0.1, 0.15) is 25.5 Å². The number of aromatic nitrogens is 2. The highest BCUT2D eigenvalue weighted by molar-refractivity contribution is 8.01. The number of rotatable bonds is 7. The molecule has 0 bridgehead atoms. The van der Waals surface area contributed by atoms with E-state index in [2.05, 4.69) is 58.0 Å². The molecule has 5 nitrogen and oxygen atoms in total. The van der Waals surface area contributed by atoms with Crippen molar-refractivity contribution in [3.8, 4) is 0 Å². The molecule has 1 aromatic carbocycles. The summed E-state index contributed by atoms with van der Waals surface area (Å²) in [5, 5.41) is 11.0. The quantitative estimate of drug-likeness (QED) is 0.600. The van der Waals surface area contributed by atoms with Gasteiger partial charge in [0.05, 0.1) is 12.2 Å². The van der Waals surface area contributed by atoms with Gasteiger partial charge in [0.1, 0.15) is 0 Å². The van der Waals surface area contributed by atoms with Gasteiger partial charge in [0.2, 0.25) is 0 Å². The minimum Gasteiger partial charge on any atom is -0.357 e. The van der Waals surface area contributed by atoms with Crippen LogP contribution in [0.2, 0.25) is 0 Å². The van der Waals surface area contributed by atoms with Gasteiger partial charge in [-0.25, -0.2) is 4.99 Å².